The Morgan fingerprint density at radius 1 is 1.64 bits per heavy atom. The summed E-state index contributed by atoms with van der Waals surface area (Å²) in [6.07, 6.45) is 3.21. The number of thioether (sulfide) groups is 1. The van der Waals surface area contributed by atoms with Gasteiger partial charge in [0.25, 0.3) is 0 Å². The van der Waals surface area contributed by atoms with Gasteiger partial charge in [0.15, 0.2) is 0 Å². The number of aromatic nitrogens is 2. The molecule has 1 unspecified atom stereocenters. The minimum atomic E-state index is 0.493. The van der Waals surface area contributed by atoms with Crippen LogP contribution in [0.25, 0.3) is 0 Å². The van der Waals surface area contributed by atoms with Crippen molar-refractivity contribution >= 4 is 27.7 Å². The van der Waals surface area contributed by atoms with Crippen LogP contribution in [0.15, 0.2) is 10.8 Å². The monoisotopic (exact) mass is 274 g/mol. The van der Waals surface area contributed by atoms with Crippen LogP contribution in [0.5, 0.6) is 0 Å². The third-order valence-electron chi connectivity index (χ3n) is 2.59. The van der Waals surface area contributed by atoms with Gasteiger partial charge in [-0.25, -0.2) is 4.98 Å². The van der Waals surface area contributed by atoms with E-state index in [4.69, 9.17) is 0 Å². The highest BCUT2D eigenvalue weighted by Gasteiger charge is 2.24. The standard InChI is InChI=1S/C10H15BrN2S/c1-7(2)13-9(11)5-12-10(13)8-3-4-14-6-8/h5,7-8H,3-4,6H2,1-2H3. The molecule has 0 bridgehead atoms. The number of nitrogens with zero attached hydrogens (tertiary/aromatic N) is 2. The van der Waals surface area contributed by atoms with Crippen LogP contribution in [-0.2, 0) is 0 Å². The van der Waals surface area contributed by atoms with Gasteiger partial charge in [0.1, 0.15) is 10.4 Å². The fraction of sp³-hybridized carbons (Fsp3) is 0.700. The van der Waals surface area contributed by atoms with E-state index in [9.17, 15) is 0 Å². The van der Waals surface area contributed by atoms with Gasteiger partial charge in [-0.05, 0) is 42.0 Å². The van der Waals surface area contributed by atoms with E-state index in [-0.39, 0.29) is 0 Å². The highest BCUT2D eigenvalue weighted by atomic mass is 79.9. The van der Waals surface area contributed by atoms with Crippen LogP contribution in [0.3, 0.4) is 0 Å². The summed E-state index contributed by atoms with van der Waals surface area (Å²) < 4.78 is 3.41. The van der Waals surface area contributed by atoms with Gasteiger partial charge in [0, 0.05) is 17.7 Å². The number of imidazole rings is 1. The van der Waals surface area contributed by atoms with E-state index >= 15 is 0 Å². The maximum Gasteiger partial charge on any atom is 0.113 e. The highest BCUT2D eigenvalue weighted by Crippen LogP contribution is 2.34. The summed E-state index contributed by atoms with van der Waals surface area (Å²) in [6.45, 7) is 4.41. The normalized spacial score (nSPS) is 22.1. The van der Waals surface area contributed by atoms with E-state index in [2.05, 4.69) is 39.3 Å². The van der Waals surface area contributed by atoms with Crippen LogP contribution in [-0.4, -0.2) is 21.1 Å². The number of hydrogen-bond donors (Lipinski definition) is 0. The molecule has 0 N–H and O–H groups in total. The lowest BCUT2D eigenvalue weighted by atomic mass is 10.1. The molecule has 0 radical (unpaired) electrons. The van der Waals surface area contributed by atoms with Crippen LogP contribution in [0.2, 0.25) is 0 Å². The molecular formula is C10H15BrN2S. The quantitative estimate of drug-likeness (QED) is 0.822. The number of rotatable bonds is 2. The first kappa shape index (κ1) is 10.6. The average molecular weight is 275 g/mol. The van der Waals surface area contributed by atoms with Crippen molar-refractivity contribution in [2.24, 2.45) is 0 Å². The van der Waals surface area contributed by atoms with Crippen molar-refractivity contribution in [2.45, 2.75) is 32.2 Å². The topological polar surface area (TPSA) is 17.8 Å². The Balaban J connectivity index is 2.32. The minimum absolute atomic E-state index is 0.493. The number of hydrogen-bond acceptors (Lipinski definition) is 2. The fourth-order valence-electron chi connectivity index (χ4n) is 1.90. The molecule has 2 nitrogen and oxygen atoms in total. The minimum Gasteiger partial charge on any atom is -0.320 e. The summed E-state index contributed by atoms with van der Waals surface area (Å²) >= 11 is 5.60. The third-order valence-corrected chi connectivity index (χ3v) is 4.34. The second kappa shape index (κ2) is 4.27. The van der Waals surface area contributed by atoms with E-state index in [1.807, 2.05) is 18.0 Å². The summed E-state index contributed by atoms with van der Waals surface area (Å²) in [5.74, 6) is 4.44. The largest absolute Gasteiger partial charge is 0.320 e. The first-order valence-corrected chi connectivity index (χ1v) is 6.95. The molecule has 0 aromatic carbocycles. The van der Waals surface area contributed by atoms with Crippen LogP contribution < -0.4 is 0 Å². The van der Waals surface area contributed by atoms with Crippen molar-refractivity contribution in [2.75, 3.05) is 11.5 Å². The van der Waals surface area contributed by atoms with Gasteiger partial charge in [0.05, 0.1) is 6.20 Å². The predicted octanol–water partition coefficient (Wildman–Crippen LogP) is 3.45. The maximum atomic E-state index is 4.52. The van der Waals surface area contributed by atoms with Crippen LogP contribution in [0, 0.1) is 0 Å². The Hall–Kier alpha value is 0.0400. The zero-order valence-corrected chi connectivity index (χ0v) is 10.9. The van der Waals surface area contributed by atoms with E-state index < -0.39 is 0 Å². The van der Waals surface area contributed by atoms with Gasteiger partial charge in [0.2, 0.25) is 0 Å². The smallest absolute Gasteiger partial charge is 0.113 e. The zero-order valence-electron chi connectivity index (χ0n) is 8.53. The molecule has 1 aliphatic rings. The van der Waals surface area contributed by atoms with Crippen molar-refractivity contribution in [3.8, 4) is 0 Å². The first-order valence-electron chi connectivity index (χ1n) is 5.00. The SMILES string of the molecule is CC(C)n1c(Br)cnc1C1CCSC1. The molecule has 0 aliphatic carbocycles. The molecule has 1 aliphatic heterocycles. The first-order chi connectivity index (χ1) is 6.70. The average Bonchev–Trinajstić information content (AvgIpc) is 2.70. The molecule has 1 aromatic heterocycles. The summed E-state index contributed by atoms with van der Waals surface area (Å²) in [5.41, 5.74) is 0. The van der Waals surface area contributed by atoms with Gasteiger partial charge in [-0.1, -0.05) is 0 Å². The Bertz CT molecular complexity index is 316. The Labute approximate surface area is 97.6 Å². The third kappa shape index (κ3) is 1.87. The van der Waals surface area contributed by atoms with Gasteiger partial charge < -0.3 is 4.57 Å². The summed E-state index contributed by atoms with van der Waals surface area (Å²) in [6, 6.07) is 0.493. The molecule has 0 amide bonds. The lowest BCUT2D eigenvalue weighted by molar-refractivity contribution is 0.533. The fourth-order valence-corrected chi connectivity index (χ4v) is 3.82. The Kier molecular flexibility index (Phi) is 3.22. The molecule has 1 saturated heterocycles. The highest BCUT2D eigenvalue weighted by molar-refractivity contribution is 9.10. The Morgan fingerprint density at radius 3 is 3.00 bits per heavy atom. The van der Waals surface area contributed by atoms with Gasteiger partial charge in [-0.2, -0.15) is 11.8 Å². The summed E-state index contributed by atoms with van der Waals surface area (Å²) in [5, 5.41) is 0. The summed E-state index contributed by atoms with van der Waals surface area (Å²) in [7, 11) is 0. The summed E-state index contributed by atoms with van der Waals surface area (Å²) in [4.78, 5) is 4.52. The lowest BCUT2D eigenvalue weighted by Crippen LogP contribution is -2.11. The van der Waals surface area contributed by atoms with Crippen molar-refractivity contribution in [3.05, 3.63) is 16.6 Å². The number of halogens is 1. The second-order valence-electron chi connectivity index (χ2n) is 3.96. The van der Waals surface area contributed by atoms with E-state index in [1.165, 1.54) is 23.8 Å². The van der Waals surface area contributed by atoms with Crippen molar-refractivity contribution in [3.63, 3.8) is 0 Å². The van der Waals surface area contributed by atoms with Gasteiger partial charge >= 0.3 is 0 Å². The molecule has 2 rings (SSSR count). The second-order valence-corrected chi connectivity index (χ2v) is 5.93. The van der Waals surface area contributed by atoms with Gasteiger partial charge in [-0.15, -0.1) is 0 Å². The lowest BCUT2D eigenvalue weighted by Gasteiger charge is -2.16. The van der Waals surface area contributed by atoms with Crippen LogP contribution in [0.1, 0.15) is 38.1 Å². The molecule has 2 heterocycles. The van der Waals surface area contributed by atoms with Crippen molar-refractivity contribution < 1.29 is 0 Å². The molecule has 4 heteroatoms. The van der Waals surface area contributed by atoms with E-state index in [1.54, 1.807) is 0 Å². The molecule has 14 heavy (non-hydrogen) atoms. The van der Waals surface area contributed by atoms with Crippen LogP contribution in [0.4, 0.5) is 0 Å². The Morgan fingerprint density at radius 2 is 2.43 bits per heavy atom. The maximum absolute atomic E-state index is 4.52. The van der Waals surface area contributed by atoms with Gasteiger partial charge in [-0.3, -0.25) is 0 Å². The molecule has 1 aromatic rings. The van der Waals surface area contributed by atoms with E-state index in [0.29, 0.717) is 12.0 Å². The molecule has 1 fully saturated rings. The van der Waals surface area contributed by atoms with Crippen molar-refractivity contribution in [1.82, 2.24) is 9.55 Å². The molecule has 1 atom stereocenters. The molecule has 78 valence electrons. The molecule has 0 spiro atoms. The van der Waals surface area contributed by atoms with Crippen LogP contribution >= 0.6 is 27.7 Å². The predicted molar refractivity (Wildman–Crippen MR) is 65.0 cm³/mol. The van der Waals surface area contributed by atoms with E-state index in [0.717, 1.165) is 4.60 Å². The molecular weight excluding hydrogens is 260 g/mol. The zero-order chi connectivity index (χ0) is 10.1. The van der Waals surface area contributed by atoms with Crippen molar-refractivity contribution in [1.29, 1.82) is 0 Å². The molecule has 0 saturated carbocycles.